The molecule has 0 aliphatic heterocycles. The Bertz CT molecular complexity index is 810. The average Bonchev–Trinajstić information content (AvgIpc) is 2.84. The van der Waals surface area contributed by atoms with E-state index in [2.05, 4.69) is 20.9 Å². The molecule has 0 saturated carbocycles. The largest absolute Gasteiger partial charge is 0.345 e. The number of nitrogens with zero attached hydrogens (tertiary/aromatic N) is 1. The molecule has 112 valence electrons. The number of nitrogens with one attached hydrogen (secondary N) is 1. The molecule has 2 aromatic carbocycles. The summed E-state index contributed by atoms with van der Waals surface area (Å²) in [5.74, 6) is 0.889. The maximum absolute atomic E-state index is 6.23. The molecule has 0 fully saturated rings. The normalized spacial score (nSPS) is 10.9. The van der Waals surface area contributed by atoms with Crippen molar-refractivity contribution in [2.75, 3.05) is 0 Å². The molecule has 0 aliphatic rings. The number of H-pyrrole nitrogens is 1. The van der Waals surface area contributed by atoms with Crippen LogP contribution in [0.3, 0.4) is 0 Å². The maximum Gasteiger partial charge on any atom is 0.111 e. The minimum atomic E-state index is 0.639. The molecule has 2 nitrogen and oxygen atoms in total. The third-order valence-corrected chi connectivity index (χ3v) is 4.54. The first-order valence-corrected chi connectivity index (χ1v) is 8.33. The molecule has 1 N–H and O–H groups in total. The van der Waals surface area contributed by atoms with E-state index in [0.29, 0.717) is 16.5 Å². The number of aryl methyl sites for hydroxylation is 1. The second kappa shape index (κ2) is 6.45. The summed E-state index contributed by atoms with van der Waals surface area (Å²) in [6.07, 6.45) is 0.646. The van der Waals surface area contributed by atoms with E-state index < -0.39 is 0 Å². The lowest BCUT2D eigenvalue weighted by molar-refractivity contribution is 1.02. The Kier molecular flexibility index (Phi) is 4.57. The van der Waals surface area contributed by atoms with Crippen molar-refractivity contribution < 1.29 is 0 Å². The fourth-order valence-electron chi connectivity index (χ4n) is 2.34. The van der Waals surface area contributed by atoms with Crippen LogP contribution in [0, 0.1) is 6.92 Å². The van der Waals surface area contributed by atoms with Crippen molar-refractivity contribution >= 4 is 39.1 Å². The van der Waals surface area contributed by atoms with Crippen LogP contribution in [0.15, 0.2) is 46.9 Å². The fraction of sp³-hybridized carbons (Fsp3) is 0.118. The van der Waals surface area contributed by atoms with Crippen molar-refractivity contribution in [3.05, 3.63) is 74.1 Å². The zero-order valence-corrected chi connectivity index (χ0v) is 14.9. The molecule has 0 radical (unpaired) electrons. The van der Waals surface area contributed by atoms with Crippen LogP contribution in [0.25, 0.3) is 11.3 Å². The minimum Gasteiger partial charge on any atom is -0.345 e. The van der Waals surface area contributed by atoms with Gasteiger partial charge in [-0.3, -0.25) is 0 Å². The summed E-state index contributed by atoms with van der Waals surface area (Å²) in [4.78, 5) is 8.04. The quantitative estimate of drug-likeness (QED) is 0.574. The van der Waals surface area contributed by atoms with Crippen molar-refractivity contribution in [2.24, 2.45) is 0 Å². The van der Waals surface area contributed by atoms with Gasteiger partial charge >= 0.3 is 0 Å². The third-order valence-electron chi connectivity index (χ3n) is 3.42. The van der Waals surface area contributed by atoms with Gasteiger partial charge in [0.05, 0.1) is 5.69 Å². The van der Waals surface area contributed by atoms with Gasteiger partial charge < -0.3 is 4.98 Å². The van der Waals surface area contributed by atoms with Gasteiger partial charge in [0.15, 0.2) is 0 Å². The van der Waals surface area contributed by atoms with Crippen molar-refractivity contribution in [2.45, 2.75) is 13.3 Å². The highest BCUT2D eigenvalue weighted by molar-refractivity contribution is 9.10. The number of rotatable bonds is 3. The summed E-state index contributed by atoms with van der Waals surface area (Å²) in [5, 5.41) is 1.30. The first kappa shape index (κ1) is 15.6. The van der Waals surface area contributed by atoms with E-state index in [1.165, 1.54) is 0 Å². The third kappa shape index (κ3) is 3.37. The molecule has 22 heavy (non-hydrogen) atoms. The first-order valence-electron chi connectivity index (χ1n) is 6.78. The molecule has 0 aliphatic carbocycles. The highest BCUT2D eigenvalue weighted by atomic mass is 79.9. The molecule has 0 bridgehead atoms. The molecule has 0 atom stereocenters. The number of aromatic nitrogens is 2. The number of benzene rings is 2. The molecule has 1 aromatic heterocycles. The summed E-state index contributed by atoms with van der Waals surface area (Å²) in [5.41, 5.74) is 4.10. The zero-order valence-electron chi connectivity index (χ0n) is 11.8. The van der Waals surface area contributed by atoms with E-state index in [-0.39, 0.29) is 0 Å². The summed E-state index contributed by atoms with van der Waals surface area (Å²) in [6, 6.07) is 13.6. The average molecular weight is 396 g/mol. The van der Waals surface area contributed by atoms with Crippen LogP contribution >= 0.6 is 39.1 Å². The number of hydrogen-bond acceptors (Lipinski definition) is 1. The fourth-order valence-corrected chi connectivity index (χ4v) is 3.08. The summed E-state index contributed by atoms with van der Waals surface area (Å²) in [7, 11) is 0. The number of aromatic amines is 1. The van der Waals surface area contributed by atoms with Crippen LogP contribution < -0.4 is 0 Å². The van der Waals surface area contributed by atoms with Gasteiger partial charge in [0.25, 0.3) is 0 Å². The van der Waals surface area contributed by atoms with E-state index >= 15 is 0 Å². The lowest BCUT2D eigenvalue weighted by Crippen LogP contribution is -1.92. The minimum absolute atomic E-state index is 0.639. The Morgan fingerprint density at radius 3 is 2.50 bits per heavy atom. The van der Waals surface area contributed by atoms with Crippen LogP contribution in [-0.4, -0.2) is 9.97 Å². The topological polar surface area (TPSA) is 28.7 Å². The predicted octanol–water partition coefficient (Wildman–Crippen LogP) is 6.05. The predicted molar refractivity (Wildman–Crippen MR) is 95.7 cm³/mol. The Hall–Kier alpha value is -1.29. The molecule has 0 spiro atoms. The number of hydrogen-bond donors (Lipinski definition) is 1. The number of imidazole rings is 1. The van der Waals surface area contributed by atoms with Crippen LogP contribution in [0.2, 0.25) is 10.0 Å². The van der Waals surface area contributed by atoms with Gasteiger partial charge in [-0.05, 0) is 36.8 Å². The molecule has 3 aromatic rings. The standard InChI is InChI=1S/C17H13BrCl2N2/c1-10-17(11-2-5-13(18)6-3-11)22-16(21-10)8-12-4-7-14(19)9-15(12)20/h2-7,9H,8H2,1H3,(H,21,22). The summed E-state index contributed by atoms with van der Waals surface area (Å²) < 4.78 is 1.05. The molecule has 3 rings (SSSR count). The molecular weight excluding hydrogens is 383 g/mol. The van der Waals surface area contributed by atoms with Crippen LogP contribution in [0.5, 0.6) is 0 Å². The Morgan fingerprint density at radius 1 is 1.09 bits per heavy atom. The van der Waals surface area contributed by atoms with Crippen molar-refractivity contribution in [3.8, 4) is 11.3 Å². The van der Waals surface area contributed by atoms with E-state index in [9.17, 15) is 0 Å². The lowest BCUT2D eigenvalue weighted by Gasteiger charge is -2.02. The summed E-state index contributed by atoms with van der Waals surface area (Å²) >= 11 is 15.6. The molecule has 0 unspecified atom stereocenters. The van der Waals surface area contributed by atoms with Crippen LogP contribution in [0.4, 0.5) is 0 Å². The molecule has 0 amide bonds. The maximum atomic E-state index is 6.23. The van der Waals surface area contributed by atoms with Gasteiger partial charge in [-0.2, -0.15) is 0 Å². The Labute approximate surface area is 147 Å². The van der Waals surface area contributed by atoms with E-state index in [4.69, 9.17) is 28.2 Å². The molecule has 5 heteroatoms. The second-order valence-electron chi connectivity index (χ2n) is 5.08. The van der Waals surface area contributed by atoms with Gasteiger partial charge in [-0.25, -0.2) is 4.98 Å². The smallest absolute Gasteiger partial charge is 0.111 e. The van der Waals surface area contributed by atoms with Gasteiger partial charge in [0.2, 0.25) is 0 Å². The van der Waals surface area contributed by atoms with Crippen molar-refractivity contribution in [3.63, 3.8) is 0 Å². The highest BCUT2D eigenvalue weighted by Crippen LogP contribution is 2.26. The van der Waals surface area contributed by atoms with Crippen molar-refractivity contribution in [1.82, 2.24) is 9.97 Å². The van der Waals surface area contributed by atoms with E-state index in [1.807, 2.05) is 43.3 Å². The van der Waals surface area contributed by atoms with Crippen LogP contribution in [-0.2, 0) is 6.42 Å². The monoisotopic (exact) mass is 394 g/mol. The zero-order chi connectivity index (χ0) is 15.7. The van der Waals surface area contributed by atoms with E-state index in [1.54, 1.807) is 6.07 Å². The van der Waals surface area contributed by atoms with Gasteiger partial charge in [0, 0.05) is 32.2 Å². The second-order valence-corrected chi connectivity index (χ2v) is 6.84. The van der Waals surface area contributed by atoms with Crippen LogP contribution in [0.1, 0.15) is 17.1 Å². The van der Waals surface area contributed by atoms with Gasteiger partial charge in [-0.15, -0.1) is 0 Å². The SMILES string of the molecule is Cc1[nH]c(Cc2ccc(Cl)cc2Cl)nc1-c1ccc(Br)cc1. The molecular formula is C17H13BrCl2N2. The first-order chi connectivity index (χ1) is 10.5. The molecule has 1 heterocycles. The lowest BCUT2D eigenvalue weighted by atomic mass is 10.1. The van der Waals surface area contributed by atoms with E-state index in [0.717, 1.165) is 32.8 Å². The van der Waals surface area contributed by atoms with Gasteiger partial charge in [0.1, 0.15) is 5.82 Å². The van der Waals surface area contributed by atoms with Gasteiger partial charge in [-0.1, -0.05) is 57.3 Å². The highest BCUT2D eigenvalue weighted by Gasteiger charge is 2.11. The molecule has 0 saturated heterocycles. The number of halogens is 3. The Balaban J connectivity index is 1.90. The van der Waals surface area contributed by atoms with Crippen molar-refractivity contribution in [1.29, 1.82) is 0 Å². The Morgan fingerprint density at radius 2 is 1.82 bits per heavy atom. The summed E-state index contributed by atoms with van der Waals surface area (Å²) in [6.45, 7) is 2.03.